The number of piperidine rings is 1. The van der Waals surface area contributed by atoms with Crippen molar-refractivity contribution in [3.05, 3.63) is 53.8 Å². The van der Waals surface area contributed by atoms with E-state index in [1.807, 2.05) is 18.2 Å². The Balaban J connectivity index is 1.20. The number of ether oxygens (including phenoxy) is 1. The van der Waals surface area contributed by atoms with E-state index in [2.05, 4.69) is 39.8 Å². The summed E-state index contributed by atoms with van der Waals surface area (Å²) in [6.07, 6.45) is 1.97. The molecule has 1 aliphatic carbocycles. The lowest BCUT2D eigenvalue weighted by Crippen LogP contribution is -2.55. The van der Waals surface area contributed by atoms with Gasteiger partial charge in [-0.1, -0.05) is 24.3 Å². The zero-order valence-electron chi connectivity index (χ0n) is 24.8. The van der Waals surface area contributed by atoms with Crippen LogP contribution in [0, 0.1) is 23.1 Å². The molecule has 0 radical (unpaired) electrons. The highest BCUT2D eigenvalue weighted by molar-refractivity contribution is 7.97. The summed E-state index contributed by atoms with van der Waals surface area (Å²) < 4.78 is 23.2. The van der Waals surface area contributed by atoms with E-state index in [4.69, 9.17) is 4.74 Å². The molecule has 8 nitrogen and oxygen atoms in total. The van der Waals surface area contributed by atoms with Gasteiger partial charge in [0.1, 0.15) is 23.5 Å². The molecule has 2 heterocycles. The SMILES string of the molecule is CN1CCN(Sc2ccc(-c3ccc(C[C@@H](C#N)NC(=O)C4C5CCC(C5)N4C(=O)OC(C)(C)C)c(F)c3)cc2)CC1. The van der Waals surface area contributed by atoms with E-state index in [9.17, 15) is 14.9 Å². The van der Waals surface area contributed by atoms with Crippen molar-refractivity contribution < 1.29 is 18.7 Å². The van der Waals surface area contributed by atoms with Crippen LogP contribution < -0.4 is 5.32 Å². The quantitative estimate of drug-likeness (QED) is 0.448. The van der Waals surface area contributed by atoms with Crippen molar-refractivity contribution in [2.75, 3.05) is 33.2 Å². The minimum Gasteiger partial charge on any atom is -0.444 e. The highest BCUT2D eigenvalue weighted by Gasteiger charge is 2.52. The Kier molecular flexibility index (Phi) is 9.11. The maximum absolute atomic E-state index is 15.2. The van der Waals surface area contributed by atoms with Crippen LogP contribution in [-0.2, 0) is 16.0 Å². The number of carbonyl (C=O) groups is 2. The topological polar surface area (TPSA) is 88.9 Å². The van der Waals surface area contributed by atoms with E-state index in [-0.39, 0.29) is 24.3 Å². The minimum absolute atomic E-state index is 0.0300. The van der Waals surface area contributed by atoms with Crippen LogP contribution in [0.5, 0.6) is 0 Å². The molecule has 3 unspecified atom stereocenters. The van der Waals surface area contributed by atoms with Gasteiger partial charge in [-0.3, -0.25) is 9.69 Å². The molecule has 2 bridgehead atoms. The van der Waals surface area contributed by atoms with Crippen LogP contribution in [0.4, 0.5) is 9.18 Å². The third-order valence-corrected chi connectivity index (χ3v) is 9.40. The normalized spacial score (nSPS) is 23.4. The summed E-state index contributed by atoms with van der Waals surface area (Å²) in [5, 5.41) is 12.6. The molecule has 3 fully saturated rings. The number of nitrogens with one attached hydrogen (secondary N) is 1. The monoisotopic (exact) mass is 593 g/mol. The van der Waals surface area contributed by atoms with Crippen LogP contribution in [0.3, 0.4) is 0 Å². The van der Waals surface area contributed by atoms with Crippen molar-refractivity contribution >= 4 is 23.9 Å². The van der Waals surface area contributed by atoms with Gasteiger partial charge in [-0.05, 0) is 99.8 Å². The average Bonchev–Trinajstić information content (AvgIpc) is 3.57. The molecule has 2 aliphatic heterocycles. The summed E-state index contributed by atoms with van der Waals surface area (Å²) in [5.41, 5.74) is 1.33. The Morgan fingerprint density at radius 1 is 1.10 bits per heavy atom. The molecule has 0 spiro atoms. The summed E-state index contributed by atoms with van der Waals surface area (Å²) in [7, 11) is 2.14. The summed E-state index contributed by atoms with van der Waals surface area (Å²) >= 11 is 1.75. The lowest BCUT2D eigenvalue weighted by Gasteiger charge is -2.35. The third-order valence-electron chi connectivity index (χ3n) is 8.29. The fourth-order valence-electron chi connectivity index (χ4n) is 6.14. The van der Waals surface area contributed by atoms with Crippen LogP contribution in [0.2, 0.25) is 0 Å². The van der Waals surface area contributed by atoms with Crippen LogP contribution in [0.25, 0.3) is 11.1 Å². The predicted octanol–water partition coefficient (Wildman–Crippen LogP) is 5.09. The second-order valence-corrected chi connectivity index (χ2v) is 13.8. The fourth-order valence-corrected chi connectivity index (χ4v) is 7.04. The summed E-state index contributed by atoms with van der Waals surface area (Å²) in [5.74, 6) is -0.774. The standard InChI is InChI=1S/C32H40FN5O3S/c1-32(2,3)41-31(40)38-26-10-7-24(18-26)29(38)30(39)35-25(20-34)17-23-6-5-22(19-28(23)33)21-8-11-27(12-9-21)42-37-15-13-36(4)14-16-37/h5-6,8-9,11-12,19,24-26,29H,7,10,13-18H2,1-4H3,(H,35,39)/t24?,25-,26?,29?/m0/s1. The molecule has 2 aromatic carbocycles. The van der Waals surface area contributed by atoms with Gasteiger partial charge in [-0.15, -0.1) is 0 Å². The van der Waals surface area contributed by atoms with Gasteiger partial charge < -0.3 is 15.0 Å². The Morgan fingerprint density at radius 3 is 2.43 bits per heavy atom. The summed E-state index contributed by atoms with van der Waals surface area (Å²) in [4.78, 5) is 31.3. The maximum Gasteiger partial charge on any atom is 0.411 e. The van der Waals surface area contributed by atoms with Gasteiger partial charge in [0.05, 0.1) is 6.07 Å². The molecule has 2 saturated heterocycles. The number of hydrogen-bond donors (Lipinski definition) is 1. The Bertz CT molecular complexity index is 1330. The van der Waals surface area contributed by atoms with Crippen molar-refractivity contribution in [3.8, 4) is 17.2 Å². The van der Waals surface area contributed by atoms with Crippen LogP contribution in [0.1, 0.15) is 45.6 Å². The van der Waals surface area contributed by atoms with E-state index in [1.54, 1.807) is 43.7 Å². The minimum atomic E-state index is -0.927. The molecule has 2 amide bonds. The van der Waals surface area contributed by atoms with E-state index in [1.165, 1.54) is 6.07 Å². The number of hydrogen-bond acceptors (Lipinski definition) is 7. The predicted molar refractivity (Wildman–Crippen MR) is 161 cm³/mol. The van der Waals surface area contributed by atoms with Gasteiger partial charge in [0.2, 0.25) is 5.91 Å². The molecule has 3 aliphatic rings. The van der Waals surface area contributed by atoms with Crippen LogP contribution >= 0.6 is 11.9 Å². The summed E-state index contributed by atoms with van der Waals surface area (Å²) in [6.45, 7) is 9.53. The molecule has 4 atom stereocenters. The van der Waals surface area contributed by atoms with Gasteiger partial charge in [0.15, 0.2) is 0 Å². The Hall–Kier alpha value is -3.13. The fraction of sp³-hybridized carbons (Fsp3) is 0.531. The number of nitriles is 1. The Morgan fingerprint density at radius 2 is 1.79 bits per heavy atom. The van der Waals surface area contributed by atoms with Crippen molar-refractivity contribution in [1.82, 2.24) is 19.4 Å². The van der Waals surface area contributed by atoms with Crippen molar-refractivity contribution in [2.45, 2.75) is 75.1 Å². The molecule has 0 aromatic heterocycles. The number of likely N-dealkylation sites (N-methyl/N-ethyl adjacent to an activating group) is 1. The number of amides is 2. The van der Waals surface area contributed by atoms with Gasteiger partial charge in [0, 0.05) is 43.5 Å². The first-order valence-corrected chi connectivity index (χ1v) is 15.5. The number of likely N-dealkylation sites (tertiary alicyclic amines) is 1. The van der Waals surface area contributed by atoms with Crippen LogP contribution in [-0.4, -0.2) is 83.1 Å². The highest BCUT2D eigenvalue weighted by atomic mass is 32.2. The molecule has 42 heavy (non-hydrogen) atoms. The lowest BCUT2D eigenvalue weighted by atomic mass is 9.97. The lowest BCUT2D eigenvalue weighted by molar-refractivity contribution is -0.128. The molecule has 224 valence electrons. The number of nitrogens with zero attached hydrogens (tertiary/aromatic N) is 4. The van der Waals surface area contributed by atoms with Gasteiger partial charge in [0.25, 0.3) is 0 Å². The average molecular weight is 594 g/mol. The number of fused-ring (bicyclic) bond motifs is 2. The van der Waals surface area contributed by atoms with Crippen molar-refractivity contribution in [2.24, 2.45) is 5.92 Å². The van der Waals surface area contributed by atoms with E-state index < -0.39 is 29.6 Å². The van der Waals surface area contributed by atoms with Gasteiger partial charge in [-0.2, -0.15) is 5.26 Å². The van der Waals surface area contributed by atoms with E-state index in [0.717, 1.165) is 61.5 Å². The maximum atomic E-state index is 15.2. The molecule has 1 N–H and O–H groups in total. The zero-order chi connectivity index (χ0) is 30.0. The molecular weight excluding hydrogens is 553 g/mol. The third kappa shape index (κ3) is 7.08. The zero-order valence-corrected chi connectivity index (χ0v) is 25.6. The number of rotatable bonds is 7. The largest absolute Gasteiger partial charge is 0.444 e. The second-order valence-electron chi connectivity index (χ2n) is 12.6. The molecule has 2 aromatic rings. The molecule has 1 saturated carbocycles. The van der Waals surface area contributed by atoms with Gasteiger partial charge in [-0.25, -0.2) is 13.5 Å². The van der Waals surface area contributed by atoms with Crippen LogP contribution in [0.15, 0.2) is 47.4 Å². The first-order valence-electron chi connectivity index (χ1n) is 14.7. The number of piperazine rings is 1. The first kappa shape index (κ1) is 30.3. The molecular formula is C32H40FN5O3S. The highest BCUT2D eigenvalue weighted by Crippen LogP contribution is 2.43. The number of halogens is 1. The van der Waals surface area contributed by atoms with Crippen molar-refractivity contribution in [3.63, 3.8) is 0 Å². The smallest absolute Gasteiger partial charge is 0.411 e. The van der Waals surface area contributed by atoms with E-state index in [0.29, 0.717) is 5.56 Å². The first-order chi connectivity index (χ1) is 20.0. The summed E-state index contributed by atoms with van der Waals surface area (Å²) in [6, 6.07) is 13.6. The second kappa shape index (κ2) is 12.6. The van der Waals surface area contributed by atoms with E-state index >= 15 is 4.39 Å². The van der Waals surface area contributed by atoms with Crippen molar-refractivity contribution in [1.29, 1.82) is 5.26 Å². The number of carbonyl (C=O) groups excluding carboxylic acids is 2. The Labute approximate surface area is 252 Å². The number of benzene rings is 2. The molecule has 5 rings (SSSR count). The molecule has 10 heteroatoms. The van der Waals surface area contributed by atoms with Gasteiger partial charge >= 0.3 is 6.09 Å².